The summed E-state index contributed by atoms with van der Waals surface area (Å²) in [4.78, 5) is 16.1. The second-order valence-electron chi connectivity index (χ2n) is 5.43. The van der Waals surface area contributed by atoms with E-state index in [0.29, 0.717) is 13.0 Å². The number of rotatable bonds is 5. The van der Waals surface area contributed by atoms with Gasteiger partial charge in [-0.1, -0.05) is 25.1 Å². The number of hydrogen-bond donors (Lipinski definition) is 1. The van der Waals surface area contributed by atoms with Crippen LogP contribution in [0.2, 0.25) is 0 Å². The van der Waals surface area contributed by atoms with Crippen LogP contribution in [-0.2, 0) is 4.79 Å². The van der Waals surface area contributed by atoms with Gasteiger partial charge in [-0.2, -0.15) is 0 Å². The Labute approximate surface area is 121 Å². The number of likely N-dealkylation sites (N-methyl/N-ethyl adjacent to an activating group) is 1. The molecule has 0 spiro atoms. The summed E-state index contributed by atoms with van der Waals surface area (Å²) >= 11 is 0. The molecule has 1 aromatic carbocycles. The minimum atomic E-state index is -0.476. The molecule has 1 aliphatic rings. The molecule has 1 atom stereocenters. The minimum absolute atomic E-state index is 0.172. The van der Waals surface area contributed by atoms with Gasteiger partial charge >= 0.3 is 0 Å². The highest BCUT2D eigenvalue weighted by molar-refractivity contribution is 5.82. The third kappa shape index (κ3) is 3.31. The molecule has 4 nitrogen and oxygen atoms in total. The fraction of sp³-hybridized carbons (Fsp3) is 0.562. The summed E-state index contributed by atoms with van der Waals surface area (Å²) in [6, 6.07) is 7.76. The molecule has 0 bridgehead atoms. The minimum Gasteiger partial charge on any atom is -0.388 e. The van der Waals surface area contributed by atoms with Crippen molar-refractivity contribution >= 4 is 11.6 Å². The normalized spacial score (nSPS) is 16.2. The Balaban J connectivity index is 2.08. The van der Waals surface area contributed by atoms with Gasteiger partial charge < -0.3 is 14.9 Å². The third-order valence-corrected chi connectivity index (χ3v) is 3.92. The number of aliphatic hydroxyl groups is 1. The molecule has 2 rings (SSSR count). The molecule has 1 heterocycles. The van der Waals surface area contributed by atoms with Crippen molar-refractivity contribution in [1.29, 1.82) is 0 Å². The number of nitrogens with zero attached hydrogens (tertiary/aromatic N) is 2. The fourth-order valence-corrected chi connectivity index (χ4v) is 2.69. The maximum Gasteiger partial charge on any atom is 0.242 e. The Hall–Kier alpha value is -1.55. The van der Waals surface area contributed by atoms with Crippen molar-refractivity contribution in [1.82, 2.24) is 4.90 Å². The van der Waals surface area contributed by atoms with Crippen LogP contribution in [0.4, 0.5) is 5.69 Å². The van der Waals surface area contributed by atoms with Crippen LogP contribution < -0.4 is 4.90 Å². The van der Waals surface area contributed by atoms with Gasteiger partial charge in [-0.25, -0.2) is 0 Å². The van der Waals surface area contributed by atoms with Gasteiger partial charge in [0.2, 0.25) is 5.91 Å². The highest BCUT2D eigenvalue weighted by Gasteiger charge is 2.21. The third-order valence-electron chi connectivity index (χ3n) is 3.92. The van der Waals surface area contributed by atoms with E-state index in [-0.39, 0.29) is 5.91 Å². The second-order valence-corrected chi connectivity index (χ2v) is 5.43. The Morgan fingerprint density at radius 3 is 2.65 bits per heavy atom. The van der Waals surface area contributed by atoms with Crippen LogP contribution in [0.5, 0.6) is 0 Å². The molecular weight excluding hydrogens is 252 g/mol. The van der Waals surface area contributed by atoms with Gasteiger partial charge in [-0.05, 0) is 25.3 Å². The number of amides is 1. The number of carbonyl (C=O) groups is 1. The molecular formula is C16H24N2O2. The average molecular weight is 276 g/mol. The molecule has 1 fully saturated rings. The lowest BCUT2D eigenvalue weighted by atomic mass is 10.0. The summed E-state index contributed by atoms with van der Waals surface area (Å²) in [5.74, 6) is 0.172. The zero-order valence-corrected chi connectivity index (χ0v) is 12.4. The Morgan fingerprint density at radius 1 is 1.35 bits per heavy atom. The van der Waals surface area contributed by atoms with Crippen molar-refractivity contribution in [2.24, 2.45) is 0 Å². The lowest BCUT2D eigenvalue weighted by Gasteiger charge is -2.26. The van der Waals surface area contributed by atoms with E-state index >= 15 is 0 Å². The number of likely N-dealkylation sites (tertiary alicyclic amines) is 1. The van der Waals surface area contributed by atoms with Gasteiger partial charge in [0.1, 0.15) is 0 Å². The van der Waals surface area contributed by atoms with E-state index in [1.54, 1.807) is 0 Å². The predicted molar refractivity (Wildman–Crippen MR) is 80.8 cm³/mol. The maximum atomic E-state index is 12.2. The van der Waals surface area contributed by atoms with Gasteiger partial charge in [0, 0.05) is 31.4 Å². The monoisotopic (exact) mass is 276 g/mol. The van der Waals surface area contributed by atoms with Crippen molar-refractivity contribution < 1.29 is 9.90 Å². The van der Waals surface area contributed by atoms with Crippen LogP contribution in [0.3, 0.4) is 0 Å². The van der Waals surface area contributed by atoms with E-state index in [9.17, 15) is 9.90 Å². The number of hydrogen-bond acceptors (Lipinski definition) is 3. The fourth-order valence-electron chi connectivity index (χ4n) is 2.69. The summed E-state index contributed by atoms with van der Waals surface area (Å²) in [5.41, 5.74) is 1.83. The Kier molecular flexibility index (Phi) is 5.01. The molecule has 4 heteroatoms. The molecule has 1 N–H and O–H groups in total. The van der Waals surface area contributed by atoms with E-state index < -0.39 is 6.10 Å². The van der Waals surface area contributed by atoms with Gasteiger partial charge in [0.15, 0.2) is 0 Å². The number of aliphatic hydroxyl groups excluding tert-OH is 1. The van der Waals surface area contributed by atoms with Gasteiger partial charge in [-0.15, -0.1) is 0 Å². The van der Waals surface area contributed by atoms with E-state index in [1.165, 1.54) is 0 Å². The Morgan fingerprint density at radius 2 is 2.00 bits per heavy atom. The highest BCUT2D eigenvalue weighted by Crippen LogP contribution is 2.27. The molecule has 0 radical (unpaired) electrons. The van der Waals surface area contributed by atoms with Gasteiger partial charge in [-0.3, -0.25) is 4.79 Å². The summed E-state index contributed by atoms with van der Waals surface area (Å²) < 4.78 is 0. The van der Waals surface area contributed by atoms with E-state index in [4.69, 9.17) is 0 Å². The van der Waals surface area contributed by atoms with Crippen LogP contribution in [0.1, 0.15) is 37.9 Å². The van der Waals surface area contributed by atoms with Gasteiger partial charge in [0.05, 0.1) is 12.6 Å². The van der Waals surface area contributed by atoms with E-state index in [0.717, 1.165) is 37.2 Å². The number of benzene rings is 1. The highest BCUT2D eigenvalue weighted by atomic mass is 16.3. The topological polar surface area (TPSA) is 43.8 Å². The van der Waals surface area contributed by atoms with Crippen molar-refractivity contribution in [3.63, 3.8) is 0 Å². The molecule has 1 aliphatic heterocycles. The first-order chi connectivity index (χ1) is 9.63. The lowest BCUT2D eigenvalue weighted by Crippen LogP contribution is -2.37. The SMILES string of the molecule is CC[C@@H](O)c1ccccc1N(C)CC(=O)N1CCCC1. The first kappa shape index (κ1) is 14.9. The number of carbonyl (C=O) groups excluding carboxylic acids is 1. The summed E-state index contributed by atoms with van der Waals surface area (Å²) in [5, 5.41) is 10.1. The summed E-state index contributed by atoms with van der Waals surface area (Å²) in [6.07, 6.45) is 2.42. The van der Waals surface area contributed by atoms with Crippen molar-refractivity contribution in [2.75, 3.05) is 31.6 Å². The number of anilines is 1. The molecule has 110 valence electrons. The van der Waals surface area contributed by atoms with Crippen LogP contribution in [-0.4, -0.2) is 42.6 Å². The van der Waals surface area contributed by atoms with E-state index in [1.807, 2.05) is 48.0 Å². The largest absolute Gasteiger partial charge is 0.388 e. The average Bonchev–Trinajstić information content (AvgIpc) is 3.00. The molecule has 0 aromatic heterocycles. The molecule has 1 amide bonds. The molecule has 0 unspecified atom stereocenters. The van der Waals surface area contributed by atoms with Crippen LogP contribution in [0.15, 0.2) is 24.3 Å². The van der Waals surface area contributed by atoms with Gasteiger partial charge in [0.25, 0.3) is 0 Å². The standard InChI is InChI=1S/C16H24N2O2/c1-3-15(19)13-8-4-5-9-14(13)17(2)12-16(20)18-10-6-7-11-18/h4-5,8-9,15,19H,3,6-7,10-12H2,1-2H3/t15-/m1/s1. The quantitative estimate of drug-likeness (QED) is 0.896. The first-order valence-electron chi connectivity index (χ1n) is 7.39. The molecule has 0 aliphatic carbocycles. The maximum absolute atomic E-state index is 12.2. The van der Waals surface area contributed by atoms with Crippen molar-refractivity contribution in [2.45, 2.75) is 32.3 Å². The predicted octanol–water partition coefficient (Wildman–Crippen LogP) is 2.19. The second kappa shape index (κ2) is 6.75. The summed E-state index contributed by atoms with van der Waals surface area (Å²) in [6.45, 7) is 4.09. The van der Waals surface area contributed by atoms with Crippen molar-refractivity contribution in [3.8, 4) is 0 Å². The Bertz CT molecular complexity index is 456. The zero-order valence-electron chi connectivity index (χ0n) is 12.4. The van der Waals surface area contributed by atoms with Crippen LogP contribution in [0, 0.1) is 0 Å². The molecule has 20 heavy (non-hydrogen) atoms. The summed E-state index contributed by atoms with van der Waals surface area (Å²) in [7, 11) is 1.91. The number of para-hydroxylation sites is 1. The zero-order chi connectivity index (χ0) is 14.5. The van der Waals surface area contributed by atoms with Crippen LogP contribution in [0.25, 0.3) is 0 Å². The first-order valence-corrected chi connectivity index (χ1v) is 7.39. The molecule has 1 aromatic rings. The van der Waals surface area contributed by atoms with E-state index in [2.05, 4.69) is 0 Å². The van der Waals surface area contributed by atoms with Crippen molar-refractivity contribution in [3.05, 3.63) is 29.8 Å². The lowest BCUT2D eigenvalue weighted by molar-refractivity contribution is -0.128. The molecule has 1 saturated heterocycles. The van der Waals surface area contributed by atoms with Crippen LogP contribution >= 0.6 is 0 Å². The smallest absolute Gasteiger partial charge is 0.242 e. The molecule has 0 saturated carbocycles.